The Morgan fingerprint density at radius 3 is 3.05 bits per heavy atom. The van der Waals surface area contributed by atoms with Gasteiger partial charge in [0.15, 0.2) is 0 Å². The van der Waals surface area contributed by atoms with Crippen LogP contribution in [-0.4, -0.2) is 9.97 Å². The lowest BCUT2D eigenvalue weighted by molar-refractivity contribution is 1.05. The summed E-state index contributed by atoms with van der Waals surface area (Å²) in [6.07, 6.45) is 0. The number of halogens is 1. The first-order valence-electron chi connectivity index (χ1n) is 6.13. The smallest absolute Gasteiger partial charge is 0.106 e. The van der Waals surface area contributed by atoms with E-state index in [4.69, 9.17) is 11.6 Å². The van der Waals surface area contributed by atoms with E-state index in [2.05, 4.69) is 22.1 Å². The zero-order chi connectivity index (χ0) is 13.0. The van der Waals surface area contributed by atoms with Gasteiger partial charge in [-0.2, -0.15) is 0 Å². The molecule has 3 heterocycles. The molecule has 1 aliphatic heterocycles. The summed E-state index contributed by atoms with van der Waals surface area (Å²) in [6, 6.07) is 10.2. The van der Waals surface area contributed by atoms with E-state index in [0.717, 1.165) is 27.0 Å². The van der Waals surface area contributed by atoms with Crippen molar-refractivity contribution in [2.45, 2.75) is 17.7 Å². The van der Waals surface area contributed by atoms with Crippen LogP contribution in [0.15, 0.2) is 35.4 Å². The van der Waals surface area contributed by atoms with Crippen LogP contribution in [-0.2, 0) is 5.75 Å². The third-order valence-electron chi connectivity index (χ3n) is 3.49. The lowest BCUT2D eigenvalue weighted by atomic mass is 10.1. The molecule has 0 saturated carbocycles. The van der Waals surface area contributed by atoms with Crippen LogP contribution in [0.5, 0.6) is 0 Å². The maximum Gasteiger partial charge on any atom is 0.106 e. The summed E-state index contributed by atoms with van der Waals surface area (Å²) in [4.78, 5) is 8.12. The molecule has 4 heteroatoms. The summed E-state index contributed by atoms with van der Waals surface area (Å²) in [6.45, 7) is 2.03. The fourth-order valence-corrected chi connectivity index (χ4v) is 3.86. The number of benzene rings is 1. The Labute approximate surface area is 120 Å². The van der Waals surface area contributed by atoms with Crippen molar-refractivity contribution in [2.75, 3.05) is 0 Å². The van der Waals surface area contributed by atoms with Gasteiger partial charge in [0.05, 0.1) is 5.69 Å². The van der Waals surface area contributed by atoms with Crippen LogP contribution >= 0.6 is 23.4 Å². The number of thioether (sulfide) groups is 1. The second kappa shape index (κ2) is 4.02. The molecular weight excluding hydrogens is 276 g/mol. The van der Waals surface area contributed by atoms with E-state index >= 15 is 0 Å². The number of aryl methyl sites for hydroxylation is 1. The Kier molecular flexibility index (Phi) is 2.41. The maximum atomic E-state index is 6.11. The second-order valence-electron chi connectivity index (χ2n) is 4.76. The van der Waals surface area contributed by atoms with Crippen LogP contribution in [0.1, 0.15) is 11.3 Å². The molecule has 0 fully saturated rings. The summed E-state index contributed by atoms with van der Waals surface area (Å²) in [5.74, 6) is 0.944. The van der Waals surface area contributed by atoms with Gasteiger partial charge < -0.3 is 4.98 Å². The molecule has 2 aromatic heterocycles. The minimum Gasteiger partial charge on any atom is -0.354 e. The predicted molar refractivity (Wildman–Crippen MR) is 80.8 cm³/mol. The van der Waals surface area contributed by atoms with E-state index in [1.807, 2.05) is 25.1 Å². The fraction of sp³-hybridized carbons (Fsp3) is 0.133. The molecule has 0 unspecified atom stereocenters. The van der Waals surface area contributed by atoms with E-state index in [1.165, 1.54) is 22.2 Å². The highest BCUT2D eigenvalue weighted by atomic mass is 35.5. The molecule has 1 aliphatic rings. The largest absolute Gasteiger partial charge is 0.354 e. The van der Waals surface area contributed by atoms with Crippen molar-refractivity contribution in [1.29, 1.82) is 0 Å². The predicted octanol–water partition coefficient (Wildman–Crippen LogP) is 4.80. The third kappa shape index (κ3) is 1.69. The van der Waals surface area contributed by atoms with Gasteiger partial charge in [-0.15, -0.1) is 11.8 Å². The number of nitrogens with one attached hydrogen (secondary N) is 1. The summed E-state index contributed by atoms with van der Waals surface area (Å²) < 4.78 is 0. The summed E-state index contributed by atoms with van der Waals surface area (Å²) in [7, 11) is 0. The van der Waals surface area contributed by atoms with E-state index < -0.39 is 0 Å². The molecule has 0 bridgehead atoms. The maximum absolute atomic E-state index is 6.11. The molecule has 2 nitrogen and oxygen atoms in total. The van der Waals surface area contributed by atoms with Gasteiger partial charge in [0, 0.05) is 32.9 Å². The first-order valence-corrected chi connectivity index (χ1v) is 7.49. The van der Waals surface area contributed by atoms with Crippen molar-refractivity contribution in [3.8, 4) is 11.3 Å². The highest BCUT2D eigenvalue weighted by Gasteiger charge is 2.22. The van der Waals surface area contributed by atoms with Crippen molar-refractivity contribution < 1.29 is 0 Å². The molecule has 94 valence electrons. The quantitative estimate of drug-likeness (QED) is 0.643. The van der Waals surface area contributed by atoms with Gasteiger partial charge in [-0.25, -0.2) is 4.98 Å². The molecule has 0 saturated heterocycles. The number of nitrogens with zero attached hydrogens (tertiary/aromatic N) is 1. The molecule has 0 aliphatic carbocycles. The molecule has 0 atom stereocenters. The number of aromatic amines is 1. The Balaban J connectivity index is 2.04. The third-order valence-corrected chi connectivity index (χ3v) is 4.74. The normalized spacial score (nSPS) is 13.4. The van der Waals surface area contributed by atoms with Crippen molar-refractivity contribution in [2.24, 2.45) is 0 Å². The number of pyridine rings is 1. The number of hydrogen-bond acceptors (Lipinski definition) is 2. The van der Waals surface area contributed by atoms with Crippen molar-refractivity contribution in [3.05, 3.63) is 46.6 Å². The standard InChI is InChI=1S/C15H11ClN2S/c1-8-2-4-10-14-12(7-19-15(10)17-8)11-6-9(16)3-5-13(11)18-14/h2-6,18H,7H2,1H3. The molecule has 0 spiro atoms. The van der Waals surface area contributed by atoms with Crippen LogP contribution in [0.4, 0.5) is 0 Å². The van der Waals surface area contributed by atoms with Crippen LogP contribution in [0.2, 0.25) is 5.02 Å². The van der Waals surface area contributed by atoms with E-state index in [0.29, 0.717) is 0 Å². The SMILES string of the molecule is Cc1ccc2c(n1)SCc1c-2[nH]c2ccc(Cl)cc12. The van der Waals surface area contributed by atoms with Gasteiger partial charge in [0.25, 0.3) is 0 Å². The van der Waals surface area contributed by atoms with Crippen LogP contribution in [0.3, 0.4) is 0 Å². The van der Waals surface area contributed by atoms with Crippen LogP contribution in [0, 0.1) is 6.92 Å². The van der Waals surface area contributed by atoms with Crippen LogP contribution in [0.25, 0.3) is 22.2 Å². The van der Waals surface area contributed by atoms with Crippen molar-refractivity contribution in [1.82, 2.24) is 9.97 Å². The minimum absolute atomic E-state index is 0.784. The van der Waals surface area contributed by atoms with Gasteiger partial charge in [0.1, 0.15) is 5.03 Å². The molecule has 19 heavy (non-hydrogen) atoms. The number of hydrogen-bond donors (Lipinski definition) is 1. The molecule has 4 rings (SSSR count). The fourth-order valence-electron chi connectivity index (χ4n) is 2.57. The molecule has 1 N–H and O–H groups in total. The number of rotatable bonds is 0. The molecule has 1 aromatic carbocycles. The zero-order valence-corrected chi connectivity index (χ0v) is 11.9. The topological polar surface area (TPSA) is 28.7 Å². The monoisotopic (exact) mass is 286 g/mol. The van der Waals surface area contributed by atoms with Crippen molar-refractivity contribution in [3.63, 3.8) is 0 Å². The van der Waals surface area contributed by atoms with E-state index in [-0.39, 0.29) is 0 Å². The average molecular weight is 287 g/mol. The van der Waals surface area contributed by atoms with Crippen molar-refractivity contribution >= 4 is 34.3 Å². The first-order chi connectivity index (χ1) is 9.22. The molecule has 0 radical (unpaired) electrons. The Bertz CT molecular complexity index is 807. The van der Waals surface area contributed by atoms with E-state index in [9.17, 15) is 0 Å². The number of fused-ring (bicyclic) bond motifs is 5. The lowest BCUT2D eigenvalue weighted by Gasteiger charge is -2.15. The summed E-state index contributed by atoms with van der Waals surface area (Å²) >= 11 is 7.90. The first kappa shape index (κ1) is 11.4. The second-order valence-corrected chi connectivity index (χ2v) is 6.16. The number of H-pyrrole nitrogens is 1. The zero-order valence-electron chi connectivity index (χ0n) is 10.3. The van der Waals surface area contributed by atoms with Gasteiger partial charge in [-0.1, -0.05) is 11.6 Å². The summed E-state index contributed by atoms with van der Waals surface area (Å²) in [5, 5.41) is 3.12. The Morgan fingerprint density at radius 1 is 1.26 bits per heavy atom. The highest BCUT2D eigenvalue weighted by molar-refractivity contribution is 7.98. The van der Waals surface area contributed by atoms with Gasteiger partial charge in [-0.3, -0.25) is 0 Å². The van der Waals surface area contributed by atoms with E-state index in [1.54, 1.807) is 11.8 Å². The van der Waals surface area contributed by atoms with Crippen LogP contribution < -0.4 is 0 Å². The molecular formula is C15H11ClN2S. The highest BCUT2D eigenvalue weighted by Crippen LogP contribution is 2.43. The van der Waals surface area contributed by atoms with Gasteiger partial charge >= 0.3 is 0 Å². The van der Waals surface area contributed by atoms with Gasteiger partial charge in [0.2, 0.25) is 0 Å². The lowest BCUT2D eigenvalue weighted by Crippen LogP contribution is -1.97. The summed E-state index contributed by atoms with van der Waals surface area (Å²) in [5.41, 5.74) is 5.93. The minimum atomic E-state index is 0.784. The molecule has 0 amide bonds. The number of aromatic nitrogens is 2. The molecule has 3 aromatic rings. The Morgan fingerprint density at radius 2 is 2.16 bits per heavy atom. The average Bonchev–Trinajstić information content (AvgIpc) is 2.76. The van der Waals surface area contributed by atoms with Gasteiger partial charge in [-0.05, 0) is 42.8 Å². The Hall–Kier alpha value is -1.45.